The third-order valence-corrected chi connectivity index (χ3v) is 2.14. The summed E-state index contributed by atoms with van der Waals surface area (Å²) < 4.78 is 0. The Balaban J connectivity index is 2.86. The lowest BCUT2D eigenvalue weighted by Crippen LogP contribution is -2.32. The number of rotatable bonds is 3. The molecule has 0 aliphatic carbocycles. The molecule has 1 heterocycles. The highest BCUT2D eigenvalue weighted by molar-refractivity contribution is 6.30. The highest BCUT2D eigenvalue weighted by Crippen LogP contribution is 2.19. The molecule has 1 rings (SSSR count). The second-order valence-electron chi connectivity index (χ2n) is 3.29. The molecule has 0 fully saturated rings. The lowest BCUT2D eigenvalue weighted by molar-refractivity contribution is 0.412. The summed E-state index contributed by atoms with van der Waals surface area (Å²) in [6, 6.07) is 3.78. The molecule has 0 aromatic carbocycles. The first-order valence-electron chi connectivity index (χ1n) is 4.22. The number of pyridine rings is 1. The van der Waals surface area contributed by atoms with Gasteiger partial charge < -0.3 is 0 Å². The van der Waals surface area contributed by atoms with Gasteiger partial charge >= 0.3 is 0 Å². The fourth-order valence-corrected chi connectivity index (χ4v) is 1.30. The van der Waals surface area contributed by atoms with Crippen LogP contribution in [0.3, 0.4) is 0 Å². The molecule has 0 aliphatic heterocycles. The van der Waals surface area contributed by atoms with E-state index < -0.39 is 0 Å². The summed E-state index contributed by atoms with van der Waals surface area (Å²) in [7, 11) is 0. The number of nitrogens with one attached hydrogen (secondary N) is 1. The van der Waals surface area contributed by atoms with Gasteiger partial charge in [-0.2, -0.15) is 0 Å². The van der Waals surface area contributed by atoms with Crippen LogP contribution in [-0.4, -0.2) is 4.98 Å². The Hall–Kier alpha value is -0.640. The van der Waals surface area contributed by atoms with E-state index in [1.54, 1.807) is 6.20 Å². The van der Waals surface area contributed by atoms with Crippen LogP contribution in [0.25, 0.3) is 0 Å². The van der Waals surface area contributed by atoms with Crippen LogP contribution < -0.4 is 11.3 Å². The van der Waals surface area contributed by atoms with Crippen LogP contribution in [-0.2, 0) is 0 Å². The number of hydrogen-bond donors (Lipinski definition) is 2. The summed E-state index contributed by atoms with van der Waals surface area (Å²) in [6.45, 7) is 4.17. The molecule has 1 aromatic rings. The van der Waals surface area contributed by atoms with Crippen LogP contribution in [0.1, 0.15) is 25.6 Å². The molecule has 0 amide bonds. The fraction of sp³-hybridized carbons (Fsp3) is 0.444. The number of nitrogens with zero attached hydrogens (tertiary/aromatic N) is 1. The zero-order chi connectivity index (χ0) is 9.84. The molecular weight excluding hydrogens is 186 g/mol. The van der Waals surface area contributed by atoms with Crippen molar-refractivity contribution in [2.24, 2.45) is 11.8 Å². The van der Waals surface area contributed by atoms with Crippen LogP contribution >= 0.6 is 11.6 Å². The maximum Gasteiger partial charge on any atom is 0.0655 e. The molecule has 3 nitrogen and oxygen atoms in total. The van der Waals surface area contributed by atoms with Crippen molar-refractivity contribution < 1.29 is 0 Å². The highest BCUT2D eigenvalue weighted by atomic mass is 35.5. The van der Waals surface area contributed by atoms with Crippen molar-refractivity contribution in [1.29, 1.82) is 0 Å². The molecule has 0 radical (unpaired) electrons. The SMILES string of the molecule is CC(C)C(NN)c1ccc(Cl)cn1. The van der Waals surface area contributed by atoms with Gasteiger partial charge in [0.15, 0.2) is 0 Å². The predicted molar refractivity (Wildman–Crippen MR) is 54.1 cm³/mol. The van der Waals surface area contributed by atoms with Gasteiger partial charge in [0.05, 0.1) is 16.8 Å². The average molecular weight is 200 g/mol. The van der Waals surface area contributed by atoms with E-state index in [1.165, 1.54) is 0 Å². The van der Waals surface area contributed by atoms with E-state index >= 15 is 0 Å². The smallest absolute Gasteiger partial charge is 0.0655 e. The molecule has 0 saturated heterocycles. The first-order valence-corrected chi connectivity index (χ1v) is 4.60. The lowest BCUT2D eigenvalue weighted by atomic mass is 10.0. The van der Waals surface area contributed by atoms with E-state index in [-0.39, 0.29) is 6.04 Å². The van der Waals surface area contributed by atoms with Gasteiger partial charge in [-0.05, 0) is 18.1 Å². The molecule has 4 heteroatoms. The van der Waals surface area contributed by atoms with E-state index in [4.69, 9.17) is 17.4 Å². The van der Waals surface area contributed by atoms with Gasteiger partial charge in [-0.15, -0.1) is 0 Å². The van der Waals surface area contributed by atoms with Crippen LogP contribution in [0.15, 0.2) is 18.3 Å². The van der Waals surface area contributed by atoms with Crippen LogP contribution in [0.4, 0.5) is 0 Å². The lowest BCUT2D eigenvalue weighted by Gasteiger charge is -2.18. The Labute approximate surface area is 83.3 Å². The second kappa shape index (κ2) is 4.56. The quantitative estimate of drug-likeness (QED) is 0.578. The van der Waals surface area contributed by atoms with Gasteiger partial charge in [-0.25, -0.2) is 0 Å². The van der Waals surface area contributed by atoms with E-state index in [0.717, 1.165) is 5.69 Å². The summed E-state index contributed by atoms with van der Waals surface area (Å²) in [6.07, 6.45) is 1.63. The number of hydrazine groups is 1. The monoisotopic (exact) mass is 199 g/mol. The predicted octanol–water partition coefficient (Wildman–Crippen LogP) is 1.90. The van der Waals surface area contributed by atoms with Crippen molar-refractivity contribution in [1.82, 2.24) is 10.4 Å². The minimum absolute atomic E-state index is 0.0808. The van der Waals surface area contributed by atoms with Crippen molar-refractivity contribution >= 4 is 11.6 Å². The number of nitrogens with two attached hydrogens (primary N) is 1. The molecule has 0 saturated carbocycles. The van der Waals surface area contributed by atoms with E-state index in [1.807, 2.05) is 12.1 Å². The Bertz CT molecular complexity index is 258. The summed E-state index contributed by atoms with van der Waals surface area (Å²) in [4.78, 5) is 4.20. The molecule has 13 heavy (non-hydrogen) atoms. The molecule has 0 spiro atoms. The molecular formula is C9H14ClN3. The van der Waals surface area contributed by atoms with Crippen molar-refractivity contribution in [3.05, 3.63) is 29.0 Å². The summed E-state index contributed by atoms with van der Waals surface area (Å²) >= 11 is 5.72. The maximum absolute atomic E-state index is 5.72. The molecule has 0 bridgehead atoms. The van der Waals surface area contributed by atoms with Gasteiger partial charge in [0, 0.05) is 6.20 Å². The molecule has 0 aliphatic rings. The zero-order valence-electron chi connectivity index (χ0n) is 7.79. The molecule has 1 unspecified atom stereocenters. The molecule has 72 valence electrons. The maximum atomic E-state index is 5.72. The van der Waals surface area contributed by atoms with Gasteiger partial charge in [0.25, 0.3) is 0 Å². The Morgan fingerprint density at radius 2 is 2.15 bits per heavy atom. The Morgan fingerprint density at radius 1 is 1.46 bits per heavy atom. The summed E-state index contributed by atoms with van der Waals surface area (Å²) in [5.74, 6) is 5.82. The summed E-state index contributed by atoms with van der Waals surface area (Å²) in [5.41, 5.74) is 3.65. The van der Waals surface area contributed by atoms with Gasteiger partial charge in [0.2, 0.25) is 0 Å². The van der Waals surface area contributed by atoms with Gasteiger partial charge in [-0.1, -0.05) is 25.4 Å². The van der Waals surface area contributed by atoms with Crippen molar-refractivity contribution in [3.8, 4) is 0 Å². The highest BCUT2D eigenvalue weighted by Gasteiger charge is 2.14. The standard InChI is InChI=1S/C9H14ClN3/c1-6(2)9(13-11)8-4-3-7(10)5-12-8/h3-6,9,13H,11H2,1-2H3. The normalized spacial score (nSPS) is 13.3. The molecule has 3 N–H and O–H groups in total. The number of hydrogen-bond acceptors (Lipinski definition) is 3. The molecule has 1 aromatic heterocycles. The number of aromatic nitrogens is 1. The van der Waals surface area contributed by atoms with Crippen molar-refractivity contribution in [2.45, 2.75) is 19.9 Å². The molecule has 1 atom stereocenters. The third kappa shape index (κ3) is 2.66. The summed E-state index contributed by atoms with van der Waals surface area (Å²) in [5, 5.41) is 0.642. The zero-order valence-corrected chi connectivity index (χ0v) is 8.55. The van der Waals surface area contributed by atoms with E-state index in [9.17, 15) is 0 Å². The Kier molecular flexibility index (Phi) is 3.66. The topological polar surface area (TPSA) is 50.9 Å². The van der Waals surface area contributed by atoms with Crippen molar-refractivity contribution in [2.75, 3.05) is 0 Å². The minimum atomic E-state index is 0.0808. The minimum Gasteiger partial charge on any atom is -0.271 e. The van der Waals surface area contributed by atoms with E-state index in [2.05, 4.69) is 24.3 Å². The average Bonchev–Trinajstić information content (AvgIpc) is 2.09. The van der Waals surface area contributed by atoms with Crippen LogP contribution in [0.2, 0.25) is 5.02 Å². The third-order valence-electron chi connectivity index (χ3n) is 1.92. The fourth-order valence-electron chi connectivity index (χ4n) is 1.19. The van der Waals surface area contributed by atoms with Gasteiger partial charge in [0.1, 0.15) is 0 Å². The number of halogens is 1. The van der Waals surface area contributed by atoms with Crippen molar-refractivity contribution in [3.63, 3.8) is 0 Å². The largest absolute Gasteiger partial charge is 0.271 e. The van der Waals surface area contributed by atoms with Crippen LogP contribution in [0.5, 0.6) is 0 Å². The van der Waals surface area contributed by atoms with E-state index in [0.29, 0.717) is 10.9 Å². The first-order chi connectivity index (χ1) is 6.15. The van der Waals surface area contributed by atoms with Crippen LogP contribution in [0, 0.1) is 5.92 Å². The van der Waals surface area contributed by atoms with Gasteiger partial charge in [-0.3, -0.25) is 16.3 Å². The first kappa shape index (κ1) is 10.4. The second-order valence-corrected chi connectivity index (χ2v) is 3.73. The Morgan fingerprint density at radius 3 is 2.54 bits per heavy atom.